The highest BCUT2D eigenvalue weighted by molar-refractivity contribution is 5.97. The highest BCUT2D eigenvalue weighted by Gasteiger charge is 2.08. The maximum Gasteiger partial charge on any atom is 0.176 e. The predicted molar refractivity (Wildman–Crippen MR) is 61.8 cm³/mol. The molecule has 0 N–H and O–H groups in total. The number of hydrogen-bond acceptors (Lipinski definition) is 3. The second-order valence-corrected chi connectivity index (χ2v) is 3.49. The van der Waals surface area contributed by atoms with Gasteiger partial charge in [-0.3, -0.25) is 9.69 Å². The number of terminal acetylenes is 1. The first-order valence-corrected chi connectivity index (χ1v) is 4.82. The van der Waals surface area contributed by atoms with Crippen molar-refractivity contribution in [3.63, 3.8) is 0 Å². The number of nitriles is 1. The minimum atomic E-state index is 0.00207. The Bertz CT molecular complexity index is 448. The summed E-state index contributed by atoms with van der Waals surface area (Å²) in [5, 5.41) is 8.62. The van der Waals surface area contributed by atoms with E-state index < -0.39 is 0 Å². The lowest BCUT2D eigenvalue weighted by molar-refractivity contribution is 0.0952. The Balaban J connectivity index is 2.67. The van der Waals surface area contributed by atoms with Crippen LogP contribution in [0, 0.1) is 23.7 Å². The van der Waals surface area contributed by atoms with E-state index in [1.165, 1.54) is 0 Å². The maximum atomic E-state index is 11.7. The summed E-state index contributed by atoms with van der Waals surface area (Å²) in [7, 11) is 1.79. The molecule has 0 aromatic heterocycles. The van der Waals surface area contributed by atoms with E-state index in [0.29, 0.717) is 17.7 Å². The van der Waals surface area contributed by atoms with Gasteiger partial charge >= 0.3 is 0 Å². The molecule has 1 rings (SSSR count). The second kappa shape index (κ2) is 5.70. The van der Waals surface area contributed by atoms with Crippen LogP contribution >= 0.6 is 0 Å². The molecule has 0 heterocycles. The first kappa shape index (κ1) is 12.0. The first-order chi connectivity index (χ1) is 7.67. The van der Waals surface area contributed by atoms with Crippen molar-refractivity contribution < 1.29 is 4.79 Å². The number of hydrogen-bond donors (Lipinski definition) is 0. The average molecular weight is 212 g/mol. The third-order valence-electron chi connectivity index (χ3n) is 2.11. The molecule has 0 saturated heterocycles. The smallest absolute Gasteiger partial charge is 0.176 e. The Morgan fingerprint density at radius 2 is 2.06 bits per heavy atom. The van der Waals surface area contributed by atoms with Crippen molar-refractivity contribution in [2.24, 2.45) is 0 Å². The number of rotatable bonds is 4. The molecule has 3 nitrogen and oxygen atoms in total. The monoisotopic (exact) mass is 212 g/mol. The standard InChI is InChI=1S/C13H12N2O/c1-3-8-15(2)10-13(16)12-6-4-11(9-14)5-7-12/h1,4-7H,8,10H2,2H3. The van der Waals surface area contributed by atoms with Crippen molar-refractivity contribution in [2.75, 3.05) is 20.1 Å². The molecule has 1 aromatic carbocycles. The Labute approximate surface area is 95.3 Å². The quantitative estimate of drug-likeness (QED) is 0.558. The molecule has 0 fully saturated rings. The van der Waals surface area contributed by atoms with Gasteiger partial charge in [0, 0.05) is 5.56 Å². The lowest BCUT2D eigenvalue weighted by Gasteiger charge is -2.11. The molecule has 0 amide bonds. The topological polar surface area (TPSA) is 44.1 Å². The number of carbonyl (C=O) groups excluding carboxylic acids is 1. The van der Waals surface area contributed by atoms with E-state index in [1.54, 1.807) is 36.2 Å². The van der Waals surface area contributed by atoms with Crippen LogP contribution in [-0.4, -0.2) is 30.8 Å². The van der Waals surface area contributed by atoms with Crippen LogP contribution in [0.4, 0.5) is 0 Å². The molecule has 80 valence electrons. The van der Waals surface area contributed by atoms with Gasteiger partial charge in [-0.2, -0.15) is 5.26 Å². The zero-order valence-electron chi connectivity index (χ0n) is 9.10. The zero-order valence-corrected chi connectivity index (χ0v) is 9.10. The van der Waals surface area contributed by atoms with Gasteiger partial charge in [0.1, 0.15) is 0 Å². The summed E-state index contributed by atoms with van der Waals surface area (Å²) in [6.45, 7) is 0.734. The molecule has 0 radical (unpaired) electrons. The Morgan fingerprint density at radius 1 is 1.44 bits per heavy atom. The normalized spacial score (nSPS) is 9.50. The van der Waals surface area contributed by atoms with Crippen molar-refractivity contribution in [1.29, 1.82) is 5.26 Å². The van der Waals surface area contributed by atoms with Gasteiger partial charge in [-0.05, 0) is 19.2 Å². The van der Waals surface area contributed by atoms with Crippen LogP contribution < -0.4 is 0 Å². The maximum absolute atomic E-state index is 11.7. The van der Waals surface area contributed by atoms with Gasteiger partial charge in [-0.1, -0.05) is 18.1 Å². The molecule has 0 unspecified atom stereocenters. The van der Waals surface area contributed by atoms with E-state index in [4.69, 9.17) is 11.7 Å². The number of nitrogens with zero attached hydrogens (tertiary/aromatic N) is 2. The number of ketones is 1. The van der Waals surface area contributed by atoms with Crippen LogP contribution in [0.2, 0.25) is 0 Å². The summed E-state index contributed by atoms with van der Waals surface area (Å²) in [6.07, 6.45) is 5.14. The number of carbonyl (C=O) groups is 1. The summed E-state index contributed by atoms with van der Waals surface area (Å²) in [5.41, 5.74) is 1.15. The van der Waals surface area contributed by atoms with Gasteiger partial charge in [-0.15, -0.1) is 6.42 Å². The van der Waals surface area contributed by atoms with Gasteiger partial charge in [0.25, 0.3) is 0 Å². The third kappa shape index (κ3) is 3.24. The third-order valence-corrected chi connectivity index (χ3v) is 2.11. The van der Waals surface area contributed by atoms with Crippen LogP contribution in [0.15, 0.2) is 24.3 Å². The molecular formula is C13H12N2O. The van der Waals surface area contributed by atoms with E-state index in [2.05, 4.69) is 5.92 Å². The molecule has 1 aromatic rings. The molecule has 0 aliphatic rings. The summed E-state index contributed by atoms with van der Waals surface area (Å²) in [6, 6.07) is 8.59. The first-order valence-electron chi connectivity index (χ1n) is 4.82. The predicted octanol–water partition coefficient (Wildman–Crippen LogP) is 1.31. The van der Waals surface area contributed by atoms with Crippen molar-refractivity contribution in [1.82, 2.24) is 4.90 Å². The molecule has 0 atom stereocenters. The summed E-state index contributed by atoms with van der Waals surface area (Å²) >= 11 is 0. The van der Waals surface area contributed by atoms with Crippen molar-refractivity contribution in [3.05, 3.63) is 35.4 Å². The molecule has 0 saturated carbocycles. The van der Waals surface area contributed by atoms with Gasteiger partial charge in [0.15, 0.2) is 5.78 Å². The highest BCUT2D eigenvalue weighted by Crippen LogP contribution is 2.04. The Kier molecular flexibility index (Phi) is 4.27. The summed E-state index contributed by atoms with van der Waals surface area (Å²) < 4.78 is 0. The summed E-state index contributed by atoms with van der Waals surface area (Å²) in [5.74, 6) is 2.48. The van der Waals surface area contributed by atoms with E-state index in [1.807, 2.05) is 6.07 Å². The van der Waals surface area contributed by atoms with E-state index in [9.17, 15) is 4.79 Å². The number of benzene rings is 1. The van der Waals surface area contributed by atoms with E-state index >= 15 is 0 Å². The molecule has 0 spiro atoms. The lowest BCUT2D eigenvalue weighted by atomic mass is 10.1. The Morgan fingerprint density at radius 3 is 2.56 bits per heavy atom. The van der Waals surface area contributed by atoms with Crippen LogP contribution in [0.25, 0.3) is 0 Å². The lowest BCUT2D eigenvalue weighted by Crippen LogP contribution is -2.26. The van der Waals surface area contributed by atoms with Gasteiger partial charge in [-0.25, -0.2) is 0 Å². The van der Waals surface area contributed by atoms with Crippen molar-refractivity contribution >= 4 is 5.78 Å². The van der Waals surface area contributed by atoms with Crippen molar-refractivity contribution in [2.45, 2.75) is 0 Å². The second-order valence-electron chi connectivity index (χ2n) is 3.49. The molecule has 3 heteroatoms. The van der Waals surface area contributed by atoms with Gasteiger partial charge in [0.2, 0.25) is 0 Å². The largest absolute Gasteiger partial charge is 0.293 e. The van der Waals surface area contributed by atoms with Crippen LogP contribution in [-0.2, 0) is 0 Å². The fourth-order valence-corrected chi connectivity index (χ4v) is 1.28. The fourth-order valence-electron chi connectivity index (χ4n) is 1.28. The van der Waals surface area contributed by atoms with Crippen LogP contribution in [0.1, 0.15) is 15.9 Å². The molecule has 0 bridgehead atoms. The van der Waals surface area contributed by atoms with Gasteiger partial charge in [0.05, 0.1) is 24.7 Å². The molecular weight excluding hydrogens is 200 g/mol. The highest BCUT2D eigenvalue weighted by atomic mass is 16.1. The molecule has 0 aliphatic carbocycles. The zero-order chi connectivity index (χ0) is 12.0. The summed E-state index contributed by atoms with van der Waals surface area (Å²) in [4.78, 5) is 13.5. The van der Waals surface area contributed by atoms with E-state index in [-0.39, 0.29) is 12.3 Å². The van der Waals surface area contributed by atoms with Crippen LogP contribution in [0.5, 0.6) is 0 Å². The molecule has 16 heavy (non-hydrogen) atoms. The van der Waals surface area contributed by atoms with E-state index in [0.717, 1.165) is 0 Å². The fraction of sp³-hybridized carbons (Fsp3) is 0.231. The minimum Gasteiger partial charge on any atom is -0.293 e. The number of Topliss-reactive ketones (excluding diaryl/α,β-unsaturated/α-hetero) is 1. The average Bonchev–Trinajstić information content (AvgIpc) is 2.29. The number of likely N-dealkylation sites (N-methyl/N-ethyl adjacent to an activating group) is 1. The minimum absolute atomic E-state index is 0.00207. The SMILES string of the molecule is C#CCN(C)CC(=O)c1ccc(C#N)cc1. The van der Waals surface area contributed by atoms with Gasteiger partial charge < -0.3 is 0 Å². The molecule has 0 aliphatic heterocycles. The Hall–Kier alpha value is -2.10. The van der Waals surface area contributed by atoms with Crippen molar-refractivity contribution in [3.8, 4) is 18.4 Å². The van der Waals surface area contributed by atoms with Crippen LogP contribution in [0.3, 0.4) is 0 Å².